The highest BCUT2D eigenvalue weighted by atomic mass is 31.0. The van der Waals surface area contributed by atoms with E-state index < -0.39 is 0 Å². The monoisotopic (exact) mass is 127 g/mol. The van der Waals surface area contributed by atoms with Crippen LogP contribution in [0.5, 0.6) is 0 Å². The normalized spacial score (nSPS) is 27.4. The van der Waals surface area contributed by atoms with Gasteiger partial charge in [0.15, 0.2) is 0 Å². The van der Waals surface area contributed by atoms with Crippen LogP contribution in [0, 0.1) is 5.41 Å². The average molecular weight is 127 g/mol. The lowest BCUT2D eigenvalue weighted by molar-refractivity contribution is 0.787. The van der Waals surface area contributed by atoms with E-state index in [-0.39, 0.29) is 0 Å². The minimum atomic E-state index is 0.306. The third kappa shape index (κ3) is 1.30. The van der Waals surface area contributed by atoms with E-state index in [1.165, 1.54) is 0 Å². The zero-order valence-corrected chi connectivity index (χ0v) is 5.80. The molecule has 1 saturated heterocycles. The summed E-state index contributed by atoms with van der Waals surface area (Å²) in [6.07, 6.45) is 1.98. The molecule has 43 valence electrons. The minimum Gasteiger partial charge on any atom is -0.317 e. The number of nitrogens with one attached hydrogen (secondary N) is 2. The van der Waals surface area contributed by atoms with Gasteiger partial charge in [-0.1, -0.05) is 15.6 Å². The van der Waals surface area contributed by atoms with E-state index in [2.05, 4.69) is 21.8 Å². The van der Waals surface area contributed by atoms with Crippen LogP contribution in [0.3, 0.4) is 0 Å². The second-order valence-corrected chi connectivity index (χ2v) is 2.56. The van der Waals surface area contributed by atoms with Gasteiger partial charge in [-0.15, -0.1) is 0 Å². The summed E-state index contributed by atoms with van der Waals surface area (Å²) in [4.78, 5) is 0. The fourth-order valence-corrected chi connectivity index (χ4v) is 1.05. The van der Waals surface area contributed by atoms with Gasteiger partial charge < -0.3 is 10.7 Å². The van der Waals surface area contributed by atoms with E-state index in [1.807, 2.05) is 0 Å². The van der Waals surface area contributed by atoms with E-state index in [0.717, 1.165) is 12.8 Å². The first-order valence-corrected chi connectivity index (χ1v) is 3.27. The van der Waals surface area contributed by atoms with Crippen LogP contribution < -0.4 is 5.32 Å². The molecule has 2 unspecified atom stereocenters. The maximum atomic E-state index is 7.17. The Morgan fingerprint density at radius 1 is 1.88 bits per heavy atom. The summed E-state index contributed by atoms with van der Waals surface area (Å²) < 4.78 is 0. The van der Waals surface area contributed by atoms with Gasteiger partial charge in [-0.2, -0.15) is 0 Å². The third-order valence-corrected chi connectivity index (χ3v) is 1.69. The molecular formula is C4H9BN2P. The summed E-state index contributed by atoms with van der Waals surface area (Å²) in [6, 6.07) is 0.306. The summed E-state index contributed by atoms with van der Waals surface area (Å²) in [7, 11) is 4.56. The lowest BCUT2D eigenvalue weighted by atomic mass is 9.77. The van der Waals surface area contributed by atoms with Crippen LogP contribution in [-0.4, -0.2) is 25.2 Å². The summed E-state index contributed by atoms with van der Waals surface area (Å²) in [6.45, 7) is 0. The molecule has 0 saturated carbocycles. The zero-order chi connectivity index (χ0) is 5.98. The Hall–Kier alpha value is 0.125. The van der Waals surface area contributed by atoms with Crippen molar-refractivity contribution in [3.05, 3.63) is 0 Å². The van der Waals surface area contributed by atoms with Crippen LogP contribution in [0.1, 0.15) is 0 Å². The zero-order valence-electron chi connectivity index (χ0n) is 4.65. The standard InChI is InChI=1S/C4H9BN2P/c6-4(8)3-1-5-2-7-3/h3,6-7H,1-2,8H2. The van der Waals surface area contributed by atoms with Gasteiger partial charge in [0.1, 0.15) is 7.28 Å². The van der Waals surface area contributed by atoms with Crippen LogP contribution in [-0.2, 0) is 0 Å². The molecule has 1 fully saturated rings. The Morgan fingerprint density at radius 2 is 2.62 bits per heavy atom. The van der Waals surface area contributed by atoms with Crippen molar-refractivity contribution in [2.24, 2.45) is 0 Å². The molecule has 0 bridgehead atoms. The molecule has 4 heteroatoms. The van der Waals surface area contributed by atoms with Crippen LogP contribution in [0.15, 0.2) is 0 Å². The molecule has 0 aromatic rings. The van der Waals surface area contributed by atoms with Gasteiger partial charge in [-0.3, -0.25) is 0 Å². The second-order valence-electron chi connectivity index (χ2n) is 1.94. The van der Waals surface area contributed by atoms with Gasteiger partial charge >= 0.3 is 0 Å². The molecule has 0 aliphatic carbocycles. The van der Waals surface area contributed by atoms with Crippen molar-refractivity contribution < 1.29 is 0 Å². The van der Waals surface area contributed by atoms with Crippen molar-refractivity contribution in [3.63, 3.8) is 0 Å². The molecule has 0 spiro atoms. The lowest BCUT2D eigenvalue weighted by Gasteiger charge is -2.05. The fourth-order valence-electron chi connectivity index (χ4n) is 0.796. The van der Waals surface area contributed by atoms with Crippen molar-refractivity contribution >= 4 is 22.0 Å². The molecule has 0 aromatic carbocycles. The van der Waals surface area contributed by atoms with Crippen LogP contribution in [0.25, 0.3) is 0 Å². The lowest BCUT2D eigenvalue weighted by Crippen LogP contribution is -2.25. The predicted octanol–water partition coefficient (Wildman–Crippen LogP) is -0.109. The highest BCUT2D eigenvalue weighted by molar-refractivity contribution is 7.40. The Morgan fingerprint density at radius 3 is 2.88 bits per heavy atom. The topological polar surface area (TPSA) is 35.9 Å². The van der Waals surface area contributed by atoms with E-state index in [0.29, 0.717) is 11.5 Å². The molecule has 2 N–H and O–H groups in total. The first-order valence-electron chi connectivity index (χ1n) is 2.69. The highest BCUT2D eigenvalue weighted by Gasteiger charge is 2.15. The highest BCUT2D eigenvalue weighted by Crippen LogP contribution is 2.04. The fraction of sp³-hybridized carbons (Fsp3) is 0.750. The smallest absolute Gasteiger partial charge is 0.130 e. The summed E-state index contributed by atoms with van der Waals surface area (Å²) >= 11 is 0. The largest absolute Gasteiger partial charge is 0.317 e. The van der Waals surface area contributed by atoms with Crippen LogP contribution in [0.2, 0.25) is 6.32 Å². The quantitative estimate of drug-likeness (QED) is 0.287. The van der Waals surface area contributed by atoms with Crippen molar-refractivity contribution in [1.29, 1.82) is 5.41 Å². The first-order chi connectivity index (χ1) is 3.80. The Labute approximate surface area is 52.4 Å². The van der Waals surface area contributed by atoms with Crippen molar-refractivity contribution in [2.45, 2.75) is 12.4 Å². The van der Waals surface area contributed by atoms with E-state index >= 15 is 0 Å². The predicted molar refractivity (Wildman–Crippen MR) is 39.8 cm³/mol. The Bertz CT molecular complexity index is 100. The average Bonchev–Trinajstić information content (AvgIpc) is 2.12. The SMILES string of the molecule is N=C(P)C1C[B]CN1. The number of hydrogen-bond acceptors (Lipinski definition) is 2. The first kappa shape index (κ1) is 6.25. The molecule has 1 heterocycles. The molecule has 1 aliphatic rings. The van der Waals surface area contributed by atoms with Crippen LogP contribution >= 0.6 is 9.24 Å². The molecule has 8 heavy (non-hydrogen) atoms. The van der Waals surface area contributed by atoms with Crippen molar-refractivity contribution in [1.82, 2.24) is 5.32 Å². The molecular weight excluding hydrogens is 118 g/mol. The maximum absolute atomic E-state index is 7.17. The van der Waals surface area contributed by atoms with Crippen LogP contribution in [0.4, 0.5) is 0 Å². The Balaban J connectivity index is 2.35. The molecule has 2 nitrogen and oxygen atoms in total. The maximum Gasteiger partial charge on any atom is 0.130 e. The summed E-state index contributed by atoms with van der Waals surface area (Å²) in [5.74, 6) is 0. The van der Waals surface area contributed by atoms with Gasteiger partial charge in [-0.05, 0) is 6.44 Å². The van der Waals surface area contributed by atoms with Gasteiger partial charge in [-0.25, -0.2) is 0 Å². The second kappa shape index (κ2) is 2.61. The van der Waals surface area contributed by atoms with Crippen molar-refractivity contribution in [2.75, 3.05) is 6.44 Å². The minimum absolute atomic E-state index is 0.306. The molecule has 1 radical (unpaired) electrons. The van der Waals surface area contributed by atoms with Gasteiger partial charge in [0.25, 0.3) is 0 Å². The van der Waals surface area contributed by atoms with E-state index in [9.17, 15) is 0 Å². The van der Waals surface area contributed by atoms with E-state index in [1.54, 1.807) is 0 Å². The third-order valence-electron chi connectivity index (χ3n) is 1.29. The van der Waals surface area contributed by atoms with Gasteiger partial charge in [0.05, 0.1) is 0 Å². The molecule has 1 aliphatic heterocycles. The molecule has 0 amide bonds. The van der Waals surface area contributed by atoms with Gasteiger partial charge in [0.2, 0.25) is 0 Å². The van der Waals surface area contributed by atoms with E-state index in [4.69, 9.17) is 5.41 Å². The Kier molecular flexibility index (Phi) is 2.04. The summed E-state index contributed by atoms with van der Waals surface area (Å²) in [5, 5.41) is 10.3. The number of rotatable bonds is 1. The molecule has 2 atom stereocenters. The molecule has 1 rings (SSSR count). The summed E-state index contributed by atoms with van der Waals surface area (Å²) in [5.41, 5.74) is 0.666. The van der Waals surface area contributed by atoms with Crippen molar-refractivity contribution in [3.8, 4) is 0 Å². The van der Waals surface area contributed by atoms with Gasteiger partial charge in [0, 0.05) is 11.5 Å². The molecule has 0 aromatic heterocycles. The number of hydrogen-bond donors (Lipinski definition) is 2.